The number of hydrogen-bond donors (Lipinski definition) is 1. The zero-order chi connectivity index (χ0) is 15.2. The van der Waals surface area contributed by atoms with Crippen LogP contribution in [0, 0.1) is 5.92 Å². The molecule has 1 amide bonds. The summed E-state index contributed by atoms with van der Waals surface area (Å²) in [6.07, 6.45) is 0.868. The second-order valence-electron chi connectivity index (χ2n) is 6.07. The van der Waals surface area contributed by atoms with Crippen LogP contribution < -0.4 is 5.32 Å². The standard InChI is InChI=1S/C17H27N3O/c1-4-14(2)17(21)18-16-7-5-15(6-8-16)13-20-11-9-19(3)10-12-20/h5-8,14H,4,9-13H2,1-3H3,(H,18,21). The van der Waals surface area contributed by atoms with Gasteiger partial charge in [0.15, 0.2) is 0 Å². The molecule has 1 N–H and O–H groups in total. The van der Waals surface area contributed by atoms with Crippen LogP contribution in [-0.4, -0.2) is 48.9 Å². The molecular weight excluding hydrogens is 262 g/mol. The molecule has 4 heteroatoms. The topological polar surface area (TPSA) is 35.6 Å². The number of piperazine rings is 1. The number of nitrogens with zero attached hydrogens (tertiary/aromatic N) is 2. The van der Waals surface area contributed by atoms with Gasteiger partial charge in [-0.25, -0.2) is 0 Å². The van der Waals surface area contributed by atoms with E-state index in [4.69, 9.17) is 0 Å². The lowest BCUT2D eigenvalue weighted by atomic mass is 10.1. The Kier molecular flexibility index (Phi) is 5.76. The van der Waals surface area contributed by atoms with Crippen LogP contribution >= 0.6 is 0 Å². The predicted octanol–water partition coefficient (Wildman–Crippen LogP) is 2.42. The Balaban J connectivity index is 1.85. The zero-order valence-corrected chi connectivity index (χ0v) is 13.4. The highest BCUT2D eigenvalue weighted by Gasteiger charge is 2.14. The first-order valence-corrected chi connectivity index (χ1v) is 7.89. The highest BCUT2D eigenvalue weighted by Crippen LogP contribution is 2.14. The average Bonchev–Trinajstić information content (AvgIpc) is 2.50. The number of likely N-dealkylation sites (N-methyl/N-ethyl adjacent to an activating group) is 1. The predicted molar refractivity (Wildman–Crippen MR) is 87.3 cm³/mol. The van der Waals surface area contributed by atoms with Crippen LogP contribution in [0.2, 0.25) is 0 Å². The normalized spacial score (nSPS) is 18.4. The largest absolute Gasteiger partial charge is 0.326 e. The zero-order valence-electron chi connectivity index (χ0n) is 13.4. The molecule has 1 aromatic carbocycles. The lowest BCUT2D eigenvalue weighted by molar-refractivity contribution is -0.119. The molecule has 1 fully saturated rings. The number of amides is 1. The summed E-state index contributed by atoms with van der Waals surface area (Å²) in [5.74, 6) is 0.166. The van der Waals surface area contributed by atoms with Crippen molar-refractivity contribution in [1.82, 2.24) is 9.80 Å². The summed E-state index contributed by atoms with van der Waals surface area (Å²) in [5, 5.41) is 2.97. The highest BCUT2D eigenvalue weighted by atomic mass is 16.1. The van der Waals surface area contributed by atoms with Crippen LogP contribution in [-0.2, 0) is 11.3 Å². The van der Waals surface area contributed by atoms with Gasteiger partial charge in [-0.2, -0.15) is 0 Å². The fraction of sp³-hybridized carbons (Fsp3) is 0.588. The molecule has 0 bridgehead atoms. The van der Waals surface area contributed by atoms with E-state index in [0.717, 1.165) is 44.8 Å². The van der Waals surface area contributed by atoms with Crippen LogP contribution in [0.1, 0.15) is 25.8 Å². The number of nitrogens with one attached hydrogen (secondary N) is 1. The highest BCUT2D eigenvalue weighted by molar-refractivity contribution is 5.92. The van der Waals surface area contributed by atoms with E-state index in [1.165, 1.54) is 5.56 Å². The van der Waals surface area contributed by atoms with Crippen molar-refractivity contribution >= 4 is 11.6 Å². The fourth-order valence-electron chi connectivity index (χ4n) is 2.41. The molecule has 4 nitrogen and oxygen atoms in total. The van der Waals surface area contributed by atoms with Crippen molar-refractivity contribution in [3.63, 3.8) is 0 Å². The number of carbonyl (C=O) groups is 1. The second-order valence-corrected chi connectivity index (χ2v) is 6.07. The van der Waals surface area contributed by atoms with Gasteiger partial charge in [-0.1, -0.05) is 26.0 Å². The third-order valence-electron chi connectivity index (χ3n) is 4.28. The molecule has 1 aromatic rings. The number of rotatable bonds is 5. The first-order valence-electron chi connectivity index (χ1n) is 7.89. The van der Waals surface area contributed by atoms with Gasteiger partial charge in [0.25, 0.3) is 0 Å². The second kappa shape index (κ2) is 7.57. The molecule has 116 valence electrons. The van der Waals surface area contributed by atoms with Crippen molar-refractivity contribution in [3.8, 4) is 0 Å². The minimum atomic E-state index is 0.0648. The van der Waals surface area contributed by atoms with E-state index >= 15 is 0 Å². The molecule has 1 unspecified atom stereocenters. The Bertz CT molecular complexity index is 450. The average molecular weight is 289 g/mol. The summed E-state index contributed by atoms with van der Waals surface area (Å²) >= 11 is 0. The van der Waals surface area contributed by atoms with E-state index < -0.39 is 0 Å². The number of benzene rings is 1. The van der Waals surface area contributed by atoms with Gasteiger partial charge in [0.05, 0.1) is 0 Å². The van der Waals surface area contributed by atoms with Crippen molar-refractivity contribution in [2.45, 2.75) is 26.8 Å². The molecule has 1 heterocycles. The third-order valence-corrected chi connectivity index (χ3v) is 4.28. The van der Waals surface area contributed by atoms with E-state index in [1.54, 1.807) is 0 Å². The lowest BCUT2D eigenvalue weighted by Crippen LogP contribution is -2.43. The molecule has 1 aliphatic rings. The van der Waals surface area contributed by atoms with Crippen molar-refractivity contribution in [2.24, 2.45) is 5.92 Å². The van der Waals surface area contributed by atoms with Crippen LogP contribution in [0.15, 0.2) is 24.3 Å². The van der Waals surface area contributed by atoms with Gasteiger partial charge in [0, 0.05) is 44.3 Å². The maximum Gasteiger partial charge on any atom is 0.227 e. The first-order chi connectivity index (χ1) is 10.1. The Morgan fingerprint density at radius 1 is 1.19 bits per heavy atom. The molecule has 0 aliphatic carbocycles. The summed E-state index contributed by atoms with van der Waals surface area (Å²) in [7, 11) is 2.17. The van der Waals surface area contributed by atoms with Gasteiger partial charge in [0.2, 0.25) is 5.91 Å². The molecule has 0 saturated carbocycles. The van der Waals surface area contributed by atoms with Gasteiger partial charge in [-0.3, -0.25) is 9.69 Å². The molecule has 1 saturated heterocycles. The Morgan fingerprint density at radius 2 is 1.81 bits per heavy atom. The SMILES string of the molecule is CCC(C)C(=O)Nc1ccc(CN2CCN(C)CC2)cc1. The quantitative estimate of drug-likeness (QED) is 0.904. The van der Waals surface area contributed by atoms with Crippen molar-refractivity contribution in [3.05, 3.63) is 29.8 Å². The smallest absolute Gasteiger partial charge is 0.227 e. The van der Waals surface area contributed by atoms with E-state index in [1.807, 2.05) is 26.0 Å². The Hall–Kier alpha value is -1.39. The van der Waals surface area contributed by atoms with Crippen LogP contribution in [0.5, 0.6) is 0 Å². The molecule has 0 aromatic heterocycles. The summed E-state index contributed by atoms with van der Waals surface area (Å²) in [5.41, 5.74) is 2.20. The van der Waals surface area contributed by atoms with E-state index in [-0.39, 0.29) is 11.8 Å². The van der Waals surface area contributed by atoms with E-state index in [9.17, 15) is 4.79 Å². The number of hydrogen-bond acceptors (Lipinski definition) is 3. The molecule has 0 radical (unpaired) electrons. The van der Waals surface area contributed by atoms with E-state index in [2.05, 4.69) is 34.3 Å². The summed E-state index contributed by atoms with van der Waals surface area (Å²) in [6, 6.07) is 8.24. The fourth-order valence-corrected chi connectivity index (χ4v) is 2.41. The minimum absolute atomic E-state index is 0.0648. The van der Waals surface area contributed by atoms with Gasteiger partial charge in [-0.05, 0) is 31.2 Å². The molecule has 21 heavy (non-hydrogen) atoms. The van der Waals surface area contributed by atoms with Crippen molar-refractivity contribution in [2.75, 3.05) is 38.5 Å². The number of anilines is 1. The summed E-state index contributed by atoms with van der Waals surface area (Å²) in [4.78, 5) is 16.7. The molecule has 1 atom stereocenters. The maximum absolute atomic E-state index is 11.9. The van der Waals surface area contributed by atoms with Gasteiger partial charge in [-0.15, -0.1) is 0 Å². The molecule has 1 aliphatic heterocycles. The Labute approximate surface area is 128 Å². The minimum Gasteiger partial charge on any atom is -0.326 e. The van der Waals surface area contributed by atoms with Gasteiger partial charge in [0.1, 0.15) is 0 Å². The Morgan fingerprint density at radius 3 is 2.38 bits per heavy atom. The molecular formula is C17H27N3O. The lowest BCUT2D eigenvalue weighted by Gasteiger charge is -2.32. The first kappa shape index (κ1) is 16.0. The maximum atomic E-state index is 11.9. The van der Waals surface area contributed by atoms with Crippen LogP contribution in [0.25, 0.3) is 0 Å². The van der Waals surface area contributed by atoms with Gasteiger partial charge < -0.3 is 10.2 Å². The monoisotopic (exact) mass is 289 g/mol. The third kappa shape index (κ3) is 4.83. The van der Waals surface area contributed by atoms with Crippen molar-refractivity contribution in [1.29, 1.82) is 0 Å². The molecule has 0 spiro atoms. The summed E-state index contributed by atoms with van der Waals surface area (Å²) < 4.78 is 0. The van der Waals surface area contributed by atoms with E-state index in [0.29, 0.717) is 0 Å². The van der Waals surface area contributed by atoms with Gasteiger partial charge >= 0.3 is 0 Å². The van der Waals surface area contributed by atoms with Crippen LogP contribution in [0.4, 0.5) is 5.69 Å². The summed E-state index contributed by atoms with van der Waals surface area (Å²) in [6.45, 7) is 9.52. The molecule has 2 rings (SSSR count). The van der Waals surface area contributed by atoms with Crippen molar-refractivity contribution < 1.29 is 4.79 Å². The number of carbonyl (C=O) groups excluding carboxylic acids is 1. The van der Waals surface area contributed by atoms with Crippen LogP contribution in [0.3, 0.4) is 0 Å².